The molecule has 0 spiro atoms. The molecule has 1 heterocycles. The van der Waals surface area contributed by atoms with E-state index in [-0.39, 0.29) is 18.6 Å². The van der Waals surface area contributed by atoms with Gasteiger partial charge in [-0.25, -0.2) is 0 Å². The van der Waals surface area contributed by atoms with E-state index in [0.717, 1.165) is 29.0 Å². The molecule has 0 bridgehead atoms. The highest BCUT2D eigenvalue weighted by Crippen LogP contribution is 2.32. The van der Waals surface area contributed by atoms with Gasteiger partial charge in [-0.05, 0) is 48.9 Å². The topological polar surface area (TPSA) is 67.9 Å². The number of fused-ring (bicyclic) bond motifs is 1. The number of benzene rings is 2. The SMILES string of the molecule is CCCNC(=O)C(CC)N(CCc1ccccc1)C(=O)CCc1ccc2c(c1)OCO2. The first-order valence-corrected chi connectivity index (χ1v) is 11.1. The minimum atomic E-state index is -0.459. The second kappa shape index (κ2) is 11.4. The van der Waals surface area contributed by atoms with Crippen molar-refractivity contribution in [3.63, 3.8) is 0 Å². The minimum absolute atomic E-state index is 0.00732. The summed E-state index contributed by atoms with van der Waals surface area (Å²) in [6.45, 7) is 5.34. The van der Waals surface area contributed by atoms with E-state index in [9.17, 15) is 9.59 Å². The molecular formula is C25H32N2O4. The zero-order valence-corrected chi connectivity index (χ0v) is 18.4. The van der Waals surface area contributed by atoms with Crippen LogP contribution >= 0.6 is 0 Å². The molecule has 0 aliphatic carbocycles. The monoisotopic (exact) mass is 424 g/mol. The van der Waals surface area contributed by atoms with Crippen LogP contribution in [-0.4, -0.2) is 42.6 Å². The number of hydrogen-bond acceptors (Lipinski definition) is 4. The molecule has 0 radical (unpaired) electrons. The largest absolute Gasteiger partial charge is 0.454 e. The van der Waals surface area contributed by atoms with Crippen molar-refractivity contribution in [3.05, 3.63) is 59.7 Å². The molecule has 1 N–H and O–H groups in total. The second-order valence-electron chi connectivity index (χ2n) is 7.73. The van der Waals surface area contributed by atoms with E-state index >= 15 is 0 Å². The average molecular weight is 425 g/mol. The van der Waals surface area contributed by atoms with Crippen LogP contribution in [0.25, 0.3) is 0 Å². The lowest BCUT2D eigenvalue weighted by Gasteiger charge is -2.30. The third-order valence-corrected chi connectivity index (χ3v) is 5.48. The Labute approximate surface area is 184 Å². The maximum Gasteiger partial charge on any atom is 0.242 e. The van der Waals surface area contributed by atoms with Crippen molar-refractivity contribution in [1.82, 2.24) is 10.2 Å². The van der Waals surface area contributed by atoms with Crippen LogP contribution in [0.2, 0.25) is 0 Å². The number of rotatable bonds is 11. The van der Waals surface area contributed by atoms with Gasteiger partial charge in [0.15, 0.2) is 11.5 Å². The molecule has 3 rings (SSSR count). The lowest BCUT2D eigenvalue weighted by molar-refractivity contribution is -0.140. The zero-order valence-electron chi connectivity index (χ0n) is 18.4. The van der Waals surface area contributed by atoms with E-state index in [0.29, 0.717) is 38.8 Å². The van der Waals surface area contributed by atoms with Crippen molar-refractivity contribution in [2.45, 2.75) is 52.0 Å². The Morgan fingerprint density at radius 3 is 2.52 bits per heavy atom. The van der Waals surface area contributed by atoms with Crippen LogP contribution in [0.4, 0.5) is 0 Å². The highest BCUT2D eigenvalue weighted by Gasteiger charge is 2.28. The predicted molar refractivity (Wildman–Crippen MR) is 120 cm³/mol. The summed E-state index contributed by atoms with van der Waals surface area (Å²) in [6.07, 6.45) is 3.09. The fraction of sp³-hybridized carbons (Fsp3) is 0.440. The van der Waals surface area contributed by atoms with E-state index in [1.807, 2.05) is 62.4 Å². The molecule has 0 aromatic heterocycles. The maximum absolute atomic E-state index is 13.2. The zero-order chi connectivity index (χ0) is 22.1. The van der Waals surface area contributed by atoms with Crippen molar-refractivity contribution in [1.29, 1.82) is 0 Å². The van der Waals surface area contributed by atoms with E-state index < -0.39 is 6.04 Å². The Balaban J connectivity index is 1.68. The van der Waals surface area contributed by atoms with Crippen LogP contribution in [0.5, 0.6) is 11.5 Å². The van der Waals surface area contributed by atoms with Gasteiger partial charge in [-0.15, -0.1) is 0 Å². The molecule has 1 aliphatic heterocycles. The normalized spacial score (nSPS) is 13.0. The molecule has 1 unspecified atom stereocenters. The first-order valence-electron chi connectivity index (χ1n) is 11.1. The molecule has 2 aromatic rings. The molecule has 166 valence electrons. The lowest BCUT2D eigenvalue weighted by Crippen LogP contribution is -2.50. The van der Waals surface area contributed by atoms with Gasteiger partial charge in [0.1, 0.15) is 6.04 Å². The molecule has 6 nitrogen and oxygen atoms in total. The summed E-state index contributed by atoms with van der Waals surface area (Å²) in [5.74, 6) is 1.37. The van der Waals surface area contributed by atoms with Crippen LogP contribution < -0.4 is 14.8 Å². The average Bonchev–Trinajstić information content (AvgIpc) is 3.27. The predicted octanol–water partition coefficient (Wildman–Crippen LogP) is 3.72. The number of carbonyl (C=O) groups excluding carboxylic acids is 2. The Kier molecular flexibility index (Phi) is 8.33. The fourth-order valence-electron chi connectivity index (χ4n) is 3.75. The van der Waals surface area contributed by atoms with Gasteiger partial charge in [-0.1, -0.05) is 50.2 Å². The van der Waals surface area contributed by atoms with Gasteiger partial charge in [-0.3, -0.25) is 9.59 Å². The smallest absolute Gasteiger partial charge is 0.242 e. The molecule has 1 atom stereocenters. The second-order valence-corrected chi connectivity index (χ2v) is 7.73. The standard InChI is InChI=1S/C25H32N2O4/c1-3-15-26-25(29)21(4-2)27(16-14-19-8-6-5-7-9-19)24(28)13-11-20-10-12-22-23(17-20)31-18-30-22/h5-10,12,17,21H,3-4,11,13-16,18H2,1-2H3,(H,26,29). The van der Waals surface area contributed by atoms with E-state index in [1.165, 1.54) is 0 Å². The van der Waals surface area contributed by atoms with E-state index in [4.69, 9.17) is 9.47 Å². The van der Waals surface area contributed by atoms with Gasteiger partial charge < -0.3 is 19.7 Å². The van der Waals surface area contributed by atoms with Crippen molar-refractivity contribution in [2.24, 2.45) is 0 Å². The van der Waals surface area contributed by atoms with Gasteiger partial charge in [0.05, 0.1) is 0 Å². The van der Waals surface area contributed by atoms with Crippen LogP contribution in [-0.2, 0) is 22.4 Å². The Morgan fingerprint density at radius 2 is 1.77 bits per heavy atom. The van der Waals surface area contributed by atoms with Crippen molar-refractivity contribution < 1.29 is 19.1 Å². The molecule has 0 saturated carbocycles. The van der Waals surface area contributed by atoms with Crippen LogP contribution in [0, 0.1) is 0 Å². The van der Waals surface area contributed by atoms with Crippen LogP contribution in [0.15, 0.2) is 48.5 Å². The summed E-state index contributed by atoms with van der Waals surface area (Å²) in [4.78, 5) is 27.8. The number of carbonyl (C=O) groups is 2. The summed E-state index contributed by atoms with van der Waals surface area (Å²) in [5, 5.41) is 2.96. The molecular weight excluding hydrogens is 392 g/mol. The minimum Gasteiger partial charge on any atom is -0.454 e. The quantitative estimate of drug-likeness (QED) is 0.597. The molecule has 0 saturated heterocycles. The fourth-order valence-corrected chi connectivity index (χ4v) is 3.75. The van der Waals surface area contributed by atoms with Gasteiger partial charge in [-0.2, -0.15) is 0 Å². The van der Waals surface area contributed by atoms with Gasteiger partial charge in [0.2, 0.25) is 18.6 Å². The highest BCUT2D eigenvalue weighted by atomic mass is 16.7. The van der Waals surface area contributed by atoms with Crippen LogP contribution in [0.3, 0.4) is 0 Å². The van der Waals surface area contributed by atoms with E-state index in [2.05, 4.69) is 5.32 Å². The third-order valence-electron chi connectivity index (χ3n) is 5.48. The Morgan fingerprint density at radius 1 is 1.00 bits per heavy atom. The van der Waals surface area contributed by atoms with Crippen LogP contribution in [0.1, 0.15) is 44.2 Å². The highest BCUT2D eigenvalue weighted by molar-refractivity contribution is 5.87. The summed E-state index contributed by atoms with van der Waals surface area (Å²) in [6, 6.07) is 15.4. The first kappa shape index (κ1) is 22.7. The lowest BCUT2D eigenvalue weighted by atomic mass is 10.1. The number of nitrogens with zero attached hydrogens (tertiary/aromatic N) is 1. The summed E-state index contributed by atoms with van der Waals surface area (Å²) < 4.78 is 10.8. The molecule has 2 aromatic carbocycles. The molecule has 6 heteroatoms. The summed E-state index contributed by atoms with van der Waals surface area (Å²) >= 11 is 0. The van der Waals surface area contributed by atoms with Crippen molar-refractivity contribution >= 4 is 11.8 Å². The number of aryl methyl sites for hydroxylation is 1. The number of ether oxygens (including phenoxy) is 2. The van der Waals surface area contributed by atoms with Gasteiger partial charge >= 0.3 is 0 Å². The van der Waals surface area contributed by atoms with Crippen molar-refractivity contribution in [3.8, 4) is 11.5 Å². The molecule has 2 amide bonds. The van der Waals surface area contributed by atoms with Gasteiger partial charge in [0.25, 0.3) is 0 Å². The van der Waals surface area contributed by atoms with Crippen molar-refractivity contribution in [2.75, 3.05) is 19.9 Å². The Hall–Kier alpha value is -3.02. The first-order chi connectivity index (χ1) is 15.1. The van der Waals surface area contributed by atoms with Gasteiger partial charge in [0, 0.05) is 19.5 Å². The van der Waals surface area contributed by atoms with E-state index in [1.54, 1.807) is 4.90 Å². The number of hydrogen-bond donors (Lipinski definition) is 1. The number of amides is 2. The summed E-state index contributed by atoms with van der Waals surface area (Å²) in [7, 11) is 0. The molecule has 0 fully saturated rings. The number of nitrogens with one attached hydrogen (secondary N) is 1. The maximum atomic E-state index is 13.2. The third kappa shape index (κ3) is 6.23. The summed E-state index contributed by atoms with van der Waals surface area (Å²) in [5.41, 5.74) is 2.17. The molecule has 1 aliphatic rings. The molecule has 31 heavy (non-hydrogen) atoms. The Bertz CT molecular complexity index is 869.